The summed E-state index contributed by atoms with van der Waals surface area (Å²) in [7, 11) is 1.86. The van der Waals surface area contributed by atoms with Gasteiger partial charge in [0, 0.05) is 29.6 Å². The molecule has 2 N–H and O–H groups in total. The van der Waals surface area contributed by atoms with Gasteiger partial charge in [-0.25, -0.2) is 4.98 Å². The van der Waals surface area contributed by atoms with Gasteiger partial charge in [0.1, 0.15) is 5.82 Å². The molecule has 0 fully saturated rings. The van der Waals surface area contributed by atoms with E-state index in [0.29, 0.717) is 12.1 Å². The lowest BCUT2D eigenvalue weighted by atomic mass is 10.0. The van der Waals surface area contributed by atoms with E-state index in [9.17, 15) is 4.79 Å². The van der Waals surface area contributed by atoms with Gasteiger partial charge in [0.15, 0.2) is 6.29 Å². The molecule has 0 spiro atoms. The van der Waals surface area contributed by atoms with E-state index in [1.165, 1.54) is 0 Å². The molecule has 1 aromatic carbocycles. The van der Waals surface area contributed by atoms with Crippen LogP contribution in [0.5, 0.6) is 0 Å². The maximum Gasteiger partial charge on any atom is 0.151 e. The fourth-order valence-corrected chi connectivity index (χ4v) is 1.85. The van der Waals surface area contributed by atoms with E-state index in [4.69, 9.17) is 0 Å². The van der Waals surface area contributed by atoms with Crippen molar-refractivity contribution < 1.29 is 4.79 Å². The SMILES string of the molecule is CNCc1cccc(-c2ncc(C)[nH]2)c1C=O. The normalized spacial score (nSPS) is 10.5. The Balaban J connectivity index is 2.53. The summed E-state index contributed by atoms with van der Waals surface area (Å²) in [5.41, 5.74) is 3.50. The minimum atomic E-state index is 0.668. The molecule has 0 saturated carbocycles. The number of hydrogen-bond donors (Lipinski definition) is 2. The van der Waals surface area contributed by atoms with Crippen molar-refractivity contribution >= 4 is 6.29 Å². The number of benzene rings is 1. The van der Waals surface area contributed by atoms with Gasteiger partial charge in [0.2, 0.25) is 0 Å². The molecule has 0 aliphatic rings. The molecular formula is C13H15N3O. The molecule has 1 aromatic heterocycles. The zero-order valence-corrected chi connectivity index (χ0v) is 9.95. The number of carbonyl (C=O) groups excluding carboxylic acids is 1. The molecule has 0 atom stereocenters. The molecule has 88 valence electrons. The van der Waals surface area contributed by atoms with Crippen LogP contribution in [0.4, 0.5) is 0 Å². The number of H-pyrrole nitrogens is 1. The Bertz CT molecular complexity index is 531. The molecule has 0 amide bonds. The van der Waals surface area contributed by atoms with E-state index in [-0.39, 0.29) is 0 Å². The predicted octanol–water partition coefficient (Wildman–Crippen LogP) is 1.92. The van der Waals surface area contributed by atoms with Gasteiger partial charge >= 0.3 is 0 Å². The molecule has 4 nitrogen and oxygen atoms in total. The summed E-state index contributed by atoms with van der Waals surface area (Å²) in [5, 5.41) is 3.05. The molecule has 0 unspecified atom stereocenters. The van der Waals surface area contributed by atoms with Gasteiger partial charge in [-0.2, -0.15) is 0 Å². The summed E-state index contributed by atoms with van der Waals surface area (Å²) < 4.78 is 0. The van der Waals surface area contributed by atoms with Gasteiger partial charge in [-0.05, 0) is 19.5 Å². The number of aryl methyl sites for hydroxylation is 1. The molecule has 4 heteroatoms. The lowest BCUT2D eigenvalue weighted by Crippen LogP contribution is -2.08. The maximum atomic E-state index is 11.2. The first-order valence-corrected chi connectivity index (χ1v) is 5.50. The number of rotatable bonds is 4. The van der Waals surface area contributed by atoms with Gasteiger partial charge in [-0.3, -0.25) is 4.79 Å². The summed E-state index contributed by atoms with van der Waals surface area (Å²) in [4.78, 5) is 18.6. The highest BCUT2D eigenvalue weighted by atomic mass is 16.1. The third-order valence-corrected chi connectivity index (χ3v) is 2.64. The standard InChI is InChI=1S/C13H15N3O/c1-9-6-15-13(16-9)11-5-3-4-10(7-14-2)12(11)8-17/h3-6,8,14H,7H2,1-2H3,(H,15,16). The van der Waals surface area contributed by atoms with E-state index in [1.807, 2.05) is 32.2 Å². The minimum absolute atomic E-state index is 0.668. The lowest BCUT2D eigenvalue weighted by molar-refractivity contribution is 0.112. The van der Waals surface area contributed by atoms with Crippen molar-refractivity contribution in [3.8, 4) is 11.4 Å². The molecular weight excluding hydrogens is 214 g/mol. The van der Waals surface area contributed by atoms with Crippen molar-refractivity contribution in [2.24, 2.45) is 0 Å². The number of imidazole rings is 1. The van der Waals surface area contributed by atoms with Gasteiger partial charge in [-0.15, -0.1) is 0 Å². The Labute approximate surface area is 100 Å². The van der Waals surface area contributed by atoms with Crippen LogP contribution in [0.3, 0.4) is 0 Å². The quantitative estimate of drug-likeness (QED) is 0.787. The largest absolute Gasteiger partial charge is 0.342 e. The third kappa shape index (κ3) is 2.26. The number of nitrogens with zero attached hydrogens (tertiary/aromatic N) is 1. The van der Waals surface area contributed by atoms with Crippen LogP contribution in [0.2, 0.25) is 0 Å². The summed E-state index contributed by atoms with van der Waals surface area (Å²) in [6.07, 6.45) is 2.65. The molecule has 2 aromatic rings. The molecule has 0 radical (unpaired) electrons. The molecule has 0 aliphatic carbocycles. The highest BCUT2D eigenvalue weighted by molar-refractivity contribution is 5.87. The monoisotopic (exact) mass is 229 g/mol. The van der Waals surface area contributed by atoms with Crippen LogP contribution in [0.25, 0.3) is 11.4 Å². The zero-order chi connectivity index (χ0) is 12.3. The summed E-state index contributed by atoms with van der Waals surface area (Å²) in [6.45, 7) is 2.61. The first-order valence-electron chi connectivity index (χ1n) is 5.50. The fraction of sp³-hybridized carbons (Fsp3) is 0.231. The van der Waals surface area contributed by atoms with Crippen molar-refractivity contribution in [2.75, 3.05) is 7.05 Å². The fourth-order valence-electron chi connectivity index (χ4n) is 1.85. The minimum Gasteiger partial charge on any atom is -0.342 e. The van der Waals surface area contributed by atoms with Crippen LogP contribution in [0.1, 0.15) is 21.6 Å². The van der Waals surface area contributed by atoms with Crippen molar-refractivity contribution in [3.05, 3.63) is 41.2 Å². The van der Waals surface area contributed by atoms with Gasteiger partial charge in [0.25, 0.3) is 0 Å². The number of aldehydes is 1. The summed E-state index contributed by atoms with van der Waals surface area (Å²) >= 11 is 0. The third-order valence-electron chi connectivity index (χ3n) is 2.64. The zero-order valence-electron chi connectivity index (χ0n) is 9.95. The second-order valence-electron chi connectivity index (χ2n) is 3.94. The van der Waals surface area contributed by atoms with E-state index >= 15 is 0 Å². The number of aromatic amines is 1. The second kappa shape index (κ2) is 4.93. The lowest BCUT2D eigenvalue weighted by Gasteiger charge is -2.08. The Morgan fingerprint density at radius 2 is 2.29 bits per heavy atom. The van der Waals surface area contributed by atoms with Crippen LogP contribution >= 0.6 is 0 Å². The van der Waals surface area contributed by atoms with Crippen LogP contribution in [0.15, 0.2) is 24.4 Å². The first kappa shape index (κ1) is 11.5. The van der Waals surface area contributed by atoms with Gasteiger partial charge in [0.05, 0.1) is 0 Å². The van der Waals surface area contributed by atoms with E-state index < -0.39 is 0 Å². The Kier molecular flexibility index (Phi) is 3.35. The van der Waals surface area contributed by atoms with Gasteiger partial charge < -0.3 is 10.3 Å². The van der Waals surface area contributed by atoms with E-state index in [1.54, 1.807) is 6.20 Å². The summed E-state index contributed by atoms with van der Waals surface area (Å²) in [6, 6.07) is 5.79. The molecule has 0 saturated heterocycles. The van der Waals surface area contributed by atoms with Gasteiger partial charge in [-0.1, -0.05) is 18.2 Å². The Morgan fingerprint density at radius 3 is 2.88 bits per heavy atom. The number of carbonyl (C=O) groups is 1. The van der Waals surface area contributed by atoms with E-state index in [0.717, 1.165) is 28.9 Å². The first-order chi connectivity index (χ1) is 8.26. The van der Waals surface area contributed by atoms with Crippen LogP contribution < -0.4 is 5.32 Å². The molecule has 0 bridgehead atoms. The number of nitrogens with one attached hydrogen (secondary N) is 2. The highest BCUT2D eigenvalue weighted by Crippen LogP contribution is 2.22. The van der Waals surface area contributed by atoms with Crippen LogP contribution in [-0.2, 0) is 6.54 Å². The molecule has 2 rings (SSSR count). The molecule has 1 heterocycles. The van der Waals surface area contributed by atoms with Crippen LogP contribution in [-0.4, -0.2) is 23.3 Å². The average molecular weight is 229 g/mol. The molecule has 17 heavy (non-hydrogen) atoms. The summed E-state index contributed by atoms with van der Waals surface area (Å²) in [5.74, 6) is 0.738. The highest BCUT2D eigenvalue weighted by Gasteiger charge is 2.11. The van der Waals surface area contributed by atoms with Crippen molar-refractivity contribution in [3.63, 3.8) is 0 Å². The Morgan fingerprint density at radius 1 is 1.47 bits per heavy atom. The topological polar surface area (TPSA) is 57.8 Å². The van der Waals surface area contributed by atoms with Crippen LogP contribution in [0, 0.1) is 6.92 Å². The Hall–Kier alpha value is -1.94. The molecule has 0 aliphatic heterocycles. The van der Waals surface area contributed by atoms with E-state index in [2.05, 4.69) is 15.3 Å². The average Bonchev–Trinajstić information content (AvgIpc) is 2.76. The predicted molar refractivity (Wildman–Crippen MR) is 66.9 cm³/mol. The van der Waals surface area contributed by atoms with Crippen molar-refractivity contribution in [1.29, 1.82) is 0 Å². The van der Waals surface area contributed by atoms with Crippen molar-refractivity contribution in [1.82, 2.24) is 15.3 Å². The number of hydrogen-bond acceptors (Lipinski definition) is 3. The number of aromatic nitrogens is 2. The second-order valence-corrected chi connectivity index (χ2v) is 3.94. The smallest absolute Gasteiger partial charge is 0.151 e. The van der Waals surface area contributed by atoms with Crippen molar-refractivity contribution in [2.45, 2.75) is 13.5 Å². The maximum absolute atomic E-state index is 11.2.